The lowest BCUT2D eigenvalue weighted by Gasteiger charge is -2.14. The highest BCUT2D eigenvalue weighted by molar-refractivity contribution is 6.08. The van der Waals surface area contributed by atoms with Gasteiger partial charge in [0, 0.05) is 22.9 Å². The minimum absolute atomic E-state index is 0.0663. The van der Waals surface area contributed by atoms with Gasteiger partial charge in [-0.1, -0.05) is 23.4 Å². The predicted octanol–water partition coefficient (Wildman–Crippen LogP) is 4.08. The molecule has 1 atom stereocenters. The Morgan fingerprint density at radius 2 is 1.90 bits per heavy atom. The molecule has 0 unspecified atom stereocenters. The molecule has 0 spiro atoms. The zero-order valence-electron chi connectivity index (χ0n) is 16.0. The van der Waals surface area contributed by atoms with Gasteiger partial charge in [0.25, 0.3) is 5.91 Å². The van der Waals surface area contributed by atoms with Crippen LogP contribution in [0.4, 0.5) is 5.69 Å². The molecule has 1 N–H and O–H groups in total. The van der Waals surface area contributed by atoms with Crippen molar-refractivity contribution in [2.45, 2.75) is 20.0 Å². The van der Waals surface area contributed by atoms with Gasteiger partial charge in [-0.25, -0.2) is 4.79 Å². The summed E-state index contributed by atoms with van der Waals surface area (Å²) < 4.78 is 21.3. The molecular weight excluding hydrogens is 376 g/mol. The normalized spacial score (nSPS) is 12.1. The van der Waals surface area contributed by atoms with Crippen LogP contribution in [-0.4, -0.2) is 30.2 Å². The number of aromatic nitrogens is 1. The summed E-state index contributed by atoms with van der Waals surface area (Å²) in [5.41, 5.74) is 2.28. The molecule has 8 nitrogen and oxygen atoms in total. The summed E-state index contributed by atoms with van der Waals surface area (Å²) in [6.07, 6.45) is -1.07. The van der Waals surface area contributed by atoms with Gasteiger partial charge < -0.3 is 23.7 Å². The maximum absolute atomic E-state index is 12.5. The summed E-state index contributed by atoms with van der Waals surface area (Å²) >= 11 is 0. The Labute approximate surface area is 165 Å². The molecule has 0 fully saturated rings. The predicted molar refractivity (Wildman–Crippen MR) is 105 cm³/mol. The van der Waals surface area contributed by atoms with Gasteiger partial charge in [-0.2, -0.15) is 0 Å². The number of ether oxygens (including phenoxy) is 2. The number of esters is 1. The van der Waals surface area contributed by atoms with Crippen molar-refractivity contribution in [2.24, 2.45) is 0 Å². The van der Waals surface area contributed by atoms with Crippen LogP contribution in [-0.2, 0) is 9.53 Å². The van der Waals surface area contributed by atoms with Crippen molar-refractivity contribution in [1.29, 1.82) is 0 Å². The van der Waals surface area contributed by atoms with Crippen molar-refractivity contribution in [3.05, 3.63) is 53.9 Å². The van der Waals surface area contributed by atoms with Gasteiger partial charge in [0.15, 0.2) is 6.10 Å². The minimum Gasteiger partial charge on any atom is -0.495 e. The molecule has 4 aromatic rings. The second-order valence-electron chi connectivity index (χ2n) is 6.52. The SMILES string of the molecule is COc1cc2c(cc1NC(=O)[C@@H](C)OC(=O)c1cc(C)no1)oc1ccccc12. The van der Waals surface area contributed by atoms with Crippen molar-refractivity contribution < 1.29 is 28.0 Å². The lowest BCUT2D eigenvalue weighted by Crippen LogP contribution is -2.30. The molecule has 0 saturated carbocycles. The maximum Gasteiger partial charge on any atom is 0.377 e. The summed E-state index contributed by atoms with van der Waals surface area (Å²) in [6.45, 7) is 3.14. The summed E-state index contributed by atoms with van der Waals surface area (Å²) in [6, 6.07) is 12.5. The molecule has 0 aliphatic rings. The third-order valence-corrected chi connectivity index (χ3v) is 4.44. The third kappa shape index (κ3) is 3.52. The summed E-state index contributed by atoms with van der Waals surface area (Å²) in [7, 11) is 1.51. The third-order valence-electron chi connectivity index (χ3n) is 4.44. The molecule has 1 amide bonds. The van der Waals surface area contributed by atoms with Gasteiger partial charge in [-0.15, -0.1) is 0 Å². The minimum atomic E-state index is -1.07. The number of benzene rings is 2. The topological polar surface area (TPSA) is 104 Å². The highest BCUT2D eigenvalue weighted by atomic mass is 16.6. The number of fused-ring (bicyclic) bond motifs is 3. The van der Waals surface area contributed by atoms with Gasteiger partial charge in [0.05, 0.1) is 18.5 Å². The van der Waals surface area contributed by atoms with Crippen LogP contribution >= 0.6 is 0 Å². The fourth-order valence-corrected chi connectivity index (χ4v) is 2.98. The van der Waals surface area contributed by atoms with Gasteiger partial charge in [-0.05, 0) is 26.0 Å². The number of amides is 1. The van der Waals surface area contributed by atoms with Crippen LogP contribution in [0, 0.1) is 6.92 Å². The Kier molecular flexibility index (Phi) is 4.67. The van der Waals surface area contributed by atoms with Crippen molar-refractivity contribution >= 4 is 39.5 Å². The van der Waals surface area contributed by atoms with Crippen LogP contribution < -0.4 is 10.1 Å². The number of anilines is 1. The molecule has 2 aromatic carbocycles. The van der Waals surface area contributed by atoms with E-state index in [2.05, 4.69) is 10.5 Å². The fourth-order valence-electron chi connectivity index (χ4n) is 2.98. The van der Waals surface area contributed by atoms with E-state index >= 15 is 0 Å². The highest BCUT2D eigenvalue weighted by Gasteiger charge is 2.23. The zero-order valence-corrected chi connectivity index (χ0v) is 16.0. The molecule has 2 aromatic heterocycles. The van der Waals surface area contributed by atoms with Crippen LogP contribution in [0.5, 0.6) is 5.75 Å². The number of hydrogen-bond acceptors (Lipinski definition) is 7. The molecule has 0 radical (unpaired) electrons. The first-order chi connectivity index (χ1) is 14.0. The Hall–Kier alpha value is -3.81. The van der Waals surface area contributed by atoms with Crippen LogP contribution in [0.25, 0.3) is 21.9 Å². The fraction of sp³-hybridized carbons (Fsp3) is 0.190. The molecule has 4 rings (SSSR count). The molecule has 0 saturated heterocycles. The Morgan fingerprint density at radius 3 is 2.62 bits per heavy atom. The van der Waals surface area contributed by atoms with E-state index in [1.807, 2.05) is 24.3 Å². The Morgan fingerprint density at radius 1 is 1.10 bits per heavy atom. The van der Waals surface area contributed by atoms with Crippen molar-refractivity contribution in [3.8, 4) is 5.75 Å². The standard InChI is InChI=1S/C21H18N2O6/c1-11-8-19(29-23-11)21(25)27-12(2)20(24)22-15-10-17-14(9-18(15)26-3)13-6-4-5-7-16(13)28-17/h4-10,12H,1-3H3,(H,22,24)/t12-/m1/s1. The summed E-state index contributed by atoms with van der Waals surface area (Å²) in [5.74, 6) is -0.901. The van der Waals surface area contributed by atoms with E-state index in [1.165, 1.54) is 20.1 Å². The first-order valence-electron chi connectivity index (χ1n) is 8.90. The molecule has 0 bridgehead atoms. The lowest BCUT2D eigenvalue weighted by molar-refractivity contribution is -0.123. The van der Waals surface area contributed by atoms with E-state index < -0.39 is 18.0 Å². The number of methoxy groups -OCH3 is 1. The molecule has 148 valence electrons. The Bertz CT molecular complexity index is 1220. The number of nitrogens with zero attached hydrogens (tertiary/aromatic N) is 1. The molecule has 0 aliphatic carbocycles. The quantitative estimate of drug-likeness (QED) is 0.509. The number of carbonyl (C=O) groups excluding carboxylic acids is 2. The van der Waals surface area contributed by atoms with Crippen LogP contribution in [0.15, 0.2) is 51.4 Å². The lowest BCUT2D eigenvalue weighted by atomic mass is 10.1. The van der Waals surface area contributed by atoms with E-state index in [4.69, 9.17) is 18.4 Å². The average Bonchev–Trinajstić information content (AvgIpc) is 3.30. The van der Waals surface area contributed by atoms with Crippen molar-refractivity contribution in [1.82, 2.24) is 5.16 Å². The molecule has 2 heterocycles. The van der Waals surface area contributed by atoms with Crippen molar-refractivity contribution in [3.63, 3.8) is 0 Å². The number of para-hydroxylation sites is 1. The smallest absolute Gasteiger partial charge is 0.377 e. The molecular formula is C21H18N2O6. The summed E-state index contributed by atoms with van der Waals surface area (Å²) in [4.78, 5) is 24.6. The molecule has 29 heavy (non-hydrogen) atoms. The first kappa shape index (κ1) is 18.5. The van der Waals surface area contributed by atoms with Crippen LogP contribution in [0.1, 0.15) is 23.2 Å². The van der Waals surface area contributed by atoms with E-state index in [0.717, 1.165) is 16.4 Å². The number of rotatable bonds is 5. The second kappa shape index (κ2) is 7.31. The first-order valence-corrected chi connectivity index (χ1v) is 8.90. The number of aryl methyl sites for hydroxylation is 1. The largest absolute Gasteiger partial charge is 0.495 e. The maximum atomic E-state index is 12.5. The molecule has 8 heteroatoms. The van der Waals surface area contributed by atoms with Gasteiger partial charge >= 0.3 is 5.97 Å². The van der Waals surface area contributed by atoms with Crippen LogP contribution in [0.3, 0.4) is 0 Å². The van der Waals surface area contributed by atoms with Crippen molar-refractivity contribution in [2.75, 3.05) is 12.4 Å². The van der Waals surface area contributed by atoms with E-state index in [-0.39, 0.29) is 5.76 Å². The monoisotopic (exact) mass is 394 g/mol. The van der Waals surface area contributed by atoms with E-state index in [9.17, 15) is 9.59 Å². The van der Waals surface area contributed by atoms with Gasteiger partial charge in [0.2, 0.25) is 5.76 Å². The van der Waals surface area contributed by atoms with E-state index in [0.29, 0.717) is 22.7 Å². The number of nitrogens with one attached hydrogen (secondary N) is 1. The van der Waals surface area contributed by atoms with E-state index in [1.54, 1.807) is 19.1 Å². The second-order valence-corrected chi connectivity index (χ2v) is 6.52. The van der Waals surface area contributed by atoms with Gasteiger partial charge in [-0.3, -0.25) is 4.79 Å². The summed E-state index contributed by atoms with van der Waals surface area (Å²) in [5, 5.41) is 8.15. The Balaban J connectivity index is 1.56. The molecule has 0 aliphatic heterocycles. The van der Waals surface area contributed by atoms with Gasteiger partial charge in [0.1, 0.15) is 16.9 Å². The highest BCUT2D eigenvalue weighted by Crippen LogP contribution is 2.36. The van der Waals surface area contributed by atoms with Crippen LogP contribution in [0.2, 0.25) is 0 Å². The number of carbonyl (C=O) groups is 2. The number of hydrogen-bond donors (Lipinski definition) is 1. The zero-order chi connectivity index (χ0) is 20.5. The average molecular weight is 394 g/mol. The number of furan rings is 1.